The predicted molar refractivity (Wildman–Crippen MR) is 69.5 cm³/mol. The van der Waals surface area contributed by atoms with Crippen LogP contribution in [0, 0.1) is 6.92 Å². The first-order valence-corrected chi connectivity index (χ1v) is 5.57. The number of nitrogen functional groups attached to an aromatic ring is 1. The molecular formula is C13H12N4O. The van der Waals surface area contributed by atoms with E-state index in [1.165, 1.54) is 0 Å². The van der Waals surface area contributed by atoms with Gasteiger partial charge < -0.3 is 15.1 Å². The summed E-state index contributed by atoms with van der Waals surface area (Å²) in [4.78, 5) is 18.0. The molecule has 3 rings (SSSR count). The molecule has 0 aliphatic carbocycles. The number of nitrogens with two attached hydrogens (primary N) is 1. The van der Waals surface area contributed by atoms with Crippen LogP contribution in [0.25, 0.3) is 16.8 Å². The molecule has 0 unspecified atom stereocenters. The Balaban J connectivity index is 2.18. The van der Waals surface area contributed by atoms with Crippen LogP contribution in [0.4, 0.5) is 5.95 Å². The van der Waals surface area contributed by atoms with Crippen LogP contribution in [0.2, 0.25) is 0 Å². The Kier molecular flexibility index (Phi) is 2.19. The second-order valence-electron chi connectivity index (χ2n) is 4.24. The van der Waals surface area contributed by atoms with Crippen LogP contribution in [0.5, 0.6) is 0 Å². The van der Waals surface area contributed by atoms with E-state index in [0.717, 1.165) is 28.8 Å². The number of carbonyl (C=O) groups excluding carboxylic acids is 1. The first-order valence-electron chi connectivity index (χ1n) is 5.57. The van der Waals surface area contributed by atoms with E-state index in [4.69, 9.17) is 5.73 Å². The Morgan fingerprint density at radius 1 is 1.39 bits per heavy atom. The average Bonchev–Trinajstić information content (AvgIpc) is 2.90. The predicted octanol–water partition coefficient (Wildman–Crippen LogP) is 2.03. The van der Waals surface area contributed by atoms with E-state index >= 15 is 0 Å². The van der Waals surface area contributed by atoms with E-state index in [1.54, 1.807) is 12.3 Å². The normalized spacial score (nSPS) is 10.9. The zero-order valence-corrected chi connectivity index (χ0v) is 9.84. The number of hydrogen-bond donors (Lipinski definition) is 2. The number of fused-ring (bicyclic) bond motifs is 1. The lowest BCUT2D eigenvalue weighted by atomic mass is 10.2. The van der Waals surface area contributed by atoms with Crippen LogP contribution >= 0.6 is 0 Å². The molecule has 0 bridgehead atoms. The highest BCUT2D eigenvalue weighted by Crippen LogP contribution is 2.24. The molecule has 3 heterocycles. The minimum absolute atomic E-state index is 0.409. The van der Waals surface area contributed by atoms with Gasteiger partial charge >= 0.3 is 0 Å². The molecule has 0 saturated carbocycles. The quantitative estimate of drug-likeness (QED) is 0.673. The minimum Gasteiger partial charge on any atom is -0.369 e. The topological polar surface area (TPSA) is 76.2 Å². The Labute approximate surface area is 103 Å². The van der Waals surface area contributed by atoms with Crippen molar-refractivity contribution < 1.29 is 4.79 Å². The molecule has 0 spiro atoms. The van der Waals surface area contributed by atoms with E-state index in [2.05, 4.69) is 9.97 Å². The molecule has 3 aromatic heterocycles. The first kappa shape index (κ1) is 10.6. The summed E-state index contributed by atoms with van der Waals surface area (Å²) in [5.41, 5.74) is 10.0. The van der Waals surface area contributed by atoms with Crippen LogP contribution in [-0.2, 0) is 0 Å². The van der Waals surface area contributed by atoms with Gasteiger partial charge in [-0.2, -0.15) is 0 Å². The lowest BCUT2D eigenvalue weighted by Crippen LogP contribution is -1.86. The molecule has 0 atom stereocenters. The molecule has 0 aliphatic rings. The second-order valence-corrected chi connectivity index (χ2v) is 4.24. The van der Waals surface area contributed by atoms with Crippen LogP contribution in [0.15, 0.2) is 30.6 Å². The molecule has 5 nitrogen and oxygen atoms in total. The Morgan fingerprint density at radius 2 is 2.22 bits per heavy atom. The van der Waals surface area contributed by atoms with Gasteiger partial charge in [0.2, 0.25) is 0 Å². The maximum absolute atomic E-state index is 10.7. The van der Waals surface area contributed by atoms with Crippen molar-refractivity contribution in [1.82, 2.24) is 14.4 Å². The summed E-state index contributed by atoms with van der Waals surface area (Å²) in [7, 11) is 0. The van der Waals surface area contributed by atoms with Gasteiger partial charge in [-0.15, -0.1) is 0 Å². The van der Waals surface area contributed by atoms with E-state index in [1.807, 2.05) is 29.7 Å². The van der Waals surface area contributed by atoms with Crippen LogP contribution < -0.4 is 5.73 Å². The van der Waals surface area contributed by atoms with E-state index in [9.17, 15) is 4.79 Å². The van der Waals surface area contributed by atoms with Gasteiger partial charge in [-0.05, 0) is 25.1 Å². The van der Waals surface area contributed by atoms with E-state index < -0.39 is 0 Å². The molecule has 0 radical (unpaired) electrons. The maximum Gasteiger partial charge on any atom is 0.198 e. The first-order chi connectivity index (χ1) is 8.67. The number of rotatable bonds is 2. The van der Waals surface area contributed by atoms with E-state index in [0.29, 0.717) is 11.5 Å². The molecule has 5 heteroatoms. The number of pyridine rings is 1. The average molecular weight is 240 g/mol. The van der Waals surface area contributed by atoms with Gasteiger partial charge in [0.1, 0.15) is 0 Å². The molecule has 90 valence electrons. The lowest BCUT2D eigenvalue weighted by Gasteiger charge is -1.94. The van der Waals surface area contributed by atoms with Gasteiger partial charge in [-0.25, -0.2) is 4.98 Å². The second kappa shape index (κ2) is 3.73. The molecule has 18 heavy (non-hydrogen) atoms. The Hall–Kier alpha value is -2.56. The van der Waals surface area contributed by atoms with Crippen LogP contribution in [-0.4, -0.2) is 20.7 Å². The summed E-state index contributed by atoms with van der Waals surface area (Å²) >= 11 is 0. The van der Waals surface area contributed by atoms with Gasteiger partial charge in [0.15, 0.2) is 12.2 Å². The molecule has 0 aliphatic heterocycles. The monoisotopic (exact) mass is 240 g/mol. The van der Waals surface area contributed by atoms with Crippen molar-refractivity contribution in [3.8, 4) is 11.3 Å². The number of aldehydes is 1. The number of imidazole rings is 1. The number of aromatic nitrogens is 3. The van der Waals surface area contributed by atoms with Crippen molar-refractivity contribution in [1.29, 1.82) is 0 Å². The summed E-state index contributed by atoms with van der Waals surface area (Å²) in [6.45, 7) is 1.93. The Morgan fingerprint density at radius 3 is 2.89 bits per heavy atom. The fourth-order valence-corrected chi connectivity index (χ4v) is 2.09. The number of anilines is 1. The lowest BCUT2D eigenvalue weighted by molar-refractivity contribution is 0.112. The van der Waals surface area contributed by atoms with E-state index in [-0.39, 0.29) is 0 Å². The summed E-state index contributed by atoms with van der Waals surface area (Å²) in [6.07, 6.45) is 4.55. The van der Waals surface area contributed by atoms with Crippen molar-refractivity contribution >= 4 is 17.8 Å². The Bertz CT molecular complexity index is 739. The molecular weight excluding hydrogens is 228 g/mol. The molecule has 3 N–H and O–H groups in total. The highest BCUT2D eigenvalue weighted by molar-refractivity contribution is 5.77. The van der Waals surface area contributed by atoms with Gasteiger partial charge in [-0.1, -0.05) is 0 Å². The number of carbonyl (C=O) groups is 1. The number of nitrogens with zero attached hydrogens (tertiary/aromatic N) is 2. The number of H-pyrrole nitrogens is 1. The zero-order valence-electron chi connectivity index (χ0n) is 9.84. The minimum atomic E-state index is 0.409. The smallest absolute Gasteiger partial charge is 0.198 e. The standard InChI is InChI=1S/C13H12N4O/c1-8-12(16-13(14)15-8)10-4-11-3-2-9(7-18)5-17(11)6-10/h2-7H,1H3,(H3,14,15,16). The summed E-state index contributed by atoms with van der Waals surface area (Å²) in [5, 5.41) is 0. The summed E-state index contributed by atoms with van der Waals surface area (Å²) in [6, 6.07) is 5.70. The van der Waals surface area contributed by atoms with Gasteiger partial charge in [0.05, 0.1) is 5.69 Å². The molecule has 0 fully saturated rings. The largest absolute Gasteiger partial charge is 0.369 e. The number of aryl methyl sites for hydroxylation is 1. The number of hydrogen-bond acceptors (Lipinski definition) is 3. The highest BCUT2D eigenvalue weighted by Gasteiger charge is 2.09. The summed E-state index contributed by atoms with van der Waals surface area (Å²) < 4.78 is 1.91. The van der Waals surface area contributed by atoms with Crippen molar-refractivity contribution in [3.63, 3.8) is 0 Å². The fourth-order valence-electron chi connectivity index (χ4n) is 2.09. The van der Waals surface area contributed by atoms with Crippen molar-refractivity contribution in [2.45, 2.75) is 6.92 Å². The third-order valence-corrected chi connectivity index (χ3v) is 2.93. The third-order valence-electron chi connectivity index (χ3n) is 2.93. The number of nitrogens with one attached hydrogen (secondary N) is 1. The molecule has 0 amide bonds. The van der Waals surface area contributed by atoms with Crippen molar-refractivity contribution in [2.24, 2.45) is 0 Å². The molecule has 3 aromatic rings. The molecule has 0 aromatic carbocycles. The van der Waals surface area contributed by atoms with Gasteiger partial charge in [-0.3, -0.25) is 4.79 Å². The van der Waals surface area contributed by atoms with Crippen LogP contribution in [0.1, 0.15) is 16.1 Å². The van der Waals surface area contributed by atoms with Crippen LogP contribution in [0.3, 0.4) is 0 Å². The summed E-state index contributed by atoms with van der Waals surface area (Å²) in [5.74, 6) is 0.409. The maximum atomic E-state index is 10.7. The van der Waals surface area contributed by atoms with Crippen molar-refractivity contribution in [3.05, 3.63) is 41.9 Å². The highest BCUT2D eigenvalue weighted by atomic mass is 16.1. The fraction of sp³-hybridized carbons (Fsp3) is 0.0769. The van der Waals surface area contributed by atoms with Gasteiger partial charge in [0.25, 0.3) is 0 Å². The third kappa shape index (κ3) is 1.57. The number of aromatic amines is 1. The van der Waals surface area contributed by atoms with Crippen molar-refractivity contribution in [2.75, 3.05) is 5.73 Å². The SMILES string of the molecule is Cc1[nH]c(N)nc1-c1cc2ccc(C=O)cn2c1. The molecule has 0 saturated heterocycles. The zero-order chi connectivity index (χ0) is 12.7. The van der Waals surface area contributed by atoms with Gasteiger partial charge in [0, 0.05) is 34.7 Å².